The number of aromatic nitrogens is 2. The fourth-order valence-electron chi connectivity index (χ4n) is 2.67. The zero-order valence-corrected chi connectivity index (χ0v) is 17.7. The molecular formula is C23H27N3O4. The summed E-state index contributed by atoms with van der Waals surface area (Å²) in [5.41, 5.74) is 2.99. The Bertz CT molecular complexity index is 949. The van der Waals surface area contributed by atoms with Gasteiger partial charge in [-0.2, -0.15) is 4.98 Å². The number of carbonyl (C=O) groups is 1. The highest BCUT2D eigenvalue weighted by molar-refractivity contribution is 5.67. The molecule has 0 aliphatic heterocycles. The average molecular weight is 409 g/mol. The van der Waals surface area contributed by atoms with Crippen LogP contribution in [0.1, 0.15) is 43.8 Å². The predicted molar refractivity (Wildman–Crippen MR) is 113 cm³/mol. The quantitative estimate of drug-likeness (QED) is 0.559. The average Bonchev–Trinajstić information content (AvgIpc) is 3.20. The molecule has 158 valence electrons. The summed E-state index contributed by atoms with van der Waals surface area (Å²) in [6, 6.07) is 15.2. The van der Waals surface area contributed by atoms with Gasteiger partial charge in [0.2, 0.25) is 5.82 Å². The monoisotopic (exact) mass is 409 g/mol. The van der Waals surface area contributed by atoms with Crippen molar-refractivity contribution < 1.29 is 18.8 Å². The Kier molecular flexibility index (Phi) is 7.06. The van der Waals surface area contributed by atoms with E-state index in [9.17, 15) is 4.79 Å². The highest BCUT2D eigenvalue weighted by atomic mass is 16.5. The fourth-order valence-corrected chi connectivity index (χ4v) is 2.67. The molecule has 1 heterocycles. The van der Waals surface area contributed by atoms with Crippen LogP contribution in [0, 0.1) is 12.8 Å². The minimum absolute atomic E-state index is 0.173. The molecule has 0 saturated carbocycles. The number of hydrogen-bond acceptors (Lipinski definition) is 6. The van der Waals surface area contributed by atoms with Gasteiger partial charge in [0.25, 0.3) is 5.89 Å². The third-order valence-corrected chi connectivity index (χ3v) is 4.40. The molecule has 1 N–H and O–H groups in total. The van der Waals surface area contributed by atoms with Crippen molar-refractivity contribution in [2.24, 2.45) is 5.92 Å². The predicted octanol–water partition coefficient (Wildman–Crippen LogP) is 5.07. The maximum absolute atomic E-state index is 11.8. The van der Waals surface area contributed by atoms with Crippen LogP contribution >= 0.6 is 0 Å². The van der Waals surface area contributed by atoms with Gasteiger partial charge in [0.15, 0.2) is 6.61 Å². The number of aryl methyl sites for hydroxylation is 1. The Morgan fingerprint density at radius 2 is 1.77 bits per heavy atom. The van der Waals surface area contributed by atoms with Gasteiger partial charge >= 0.3 is 6.09 Å². The van der Waals surface area contributed by atoms with Gasteiger partial charge in [0.1, 0.15) is 5.75 Å². The van der Waals surface area contributed by atoms with Crippen LogP contribution in [-0.4, -0.2) is 22.8 Å². The van der Waals surface area contributed by atoms with Crippen LogP contribution in [0.15, 0.2) is 53.1 Å². The number of rotatable bonds is 8. The smallest absolute Gasteiger partial charge is 0.407 e. The Labute approximate surface area is 176 Å². The molecule has 7 nitrogen and oxygen atoms in total. The minimum Gasteiger partial charge on any atom is -0.485 e. The molecule has 0 radical (unpaired) electrons. The Morgan fingerprint density at radius 1 is 1.07 bits per heavy atom. The summed E-state index contributed by atoms with van der Waals surface area (Å²) in [6.07, 6.45) is -0.419. The highest BCUT2D eigenvalue weighted by Crippen LogP contribution is 2.20. The second kappa shape index (κ2) is 9.91. The molecule has 0 aliphatic rings. The lowest BCUT2D eigenvalue weighted by atomic mass is 10.1. The van der Waals surface area contributed by atoms with E-state index in [0.717, 1.165) is 11.1 Å². The number of alkyl carbamates (subject to hydrolysis) is 1. The molecule has 0 bridgehead atoms. The van der Waals surface area contributed by atoms with E-state index >= 15 is 0 Å². The van der Waals surface area contributed by atoms with Crippen LogP contribution in [-0.2, 0) is 11.3 Å². The standard InChI is InChI=1S/C23H27N3O4/c1-15(2)13-29-23(27)24-17(4)18-9-11-20(12-10-18)28-14-21-25-22(30-26-21)19-7-5-16(3)6-8-19/h5-12,15,17H,13-14H2,1-4H3,(H,24,27)/t17-/m1/s1. The van der Waals surface area contributed by atoms with Gasteiger partial charge in [-0.05, 0) is 49.6 Å². The summed E-state index contributed by atoms with van der Waals surface area (Å²) in [5, 5.41) is 6.78. The van der Waals surface area contributed by atoms with E-state index in [0.29, 0.717) is 30.0 Å². The Balaban J connectivity index is 1.51. The summed E-state index contributed by atoms with van der Waals surface area (Å²) in [6.45, 7) is 8.51. The number of nitrogens with zero attached hydrogens (tertiary/aromatic N) is 2. The topological polar surface area (TPSA) is 86.5 Å². The van der Waals surface area contributed by atoms with Crippen molar-refractivity contribution in [3.8, 4) is 17.2 Å². The molecule has 3 aromatic rings. The summed E-state index contributed by atoms with van der Waals surface area (Å²) < 4.78 is 16.2. The molecule has 1 atom stereocenters. The van der Waals surface area contributed by atoms with E-state index in [4.69, 9.17) is 14.0 Å². The number of amides is 1. The van der Waals surface area contributed by atoms with E-state index in [2.05, 4.69) is 15.5 Å². The van der Waals surface area contributed by atoms with Crippen molar-refractivity contribution in [1.82, 2.24) is 15.5 Å². The van der Waals surface area contributed by atoms with Crippen molar-refractivity contribution in [1.29, 1.82) is 0 Å². The summed E-state index contributed by atoms with van der Waals surface area (Å²) in [7, 11) is 0. The van der Waals surface area contributed by atoms with Crippen molar-refractivity contribution in [3.05, 3.63) is 65.5 Å². The zero-order chi connectivity index (χ0) is 21.5. The van der Waals surface area contributed by atoms with Crippen LogP contribution < -0.4 is 10.1 Å². The molecule has 0 aliphatic carbocycles. The lowest BCUT2D eigenvalue weighted by Gasteiger charge is -2.15. The van der Waals surface area contributed by atoms with Crippen molar-refractivity contribution in [3.63, 3.8) is 0 Å². The molecule has 0 spiro atoms. The first-order chi connectivity index (χ1) is 14.4. The molecule has 3 rings (SSSR count). The van der Waals surface area contributed by atoms with Gasteiger partial charge in [-0.25, -0.2) is 4.79 Å². The number of ether oxygens (including phenoxy) is 2. The lowest BCUT2D eigenvalue weighted by molar-refractivity contribution is 0.130. The molecule has 0 unspecified atom stereocenters. The van der Waals surface area contributed by atoms with E-state index in [1.165, 1.54) is 5.56 Å². The highest BCUT2D eigenvalue weighted by Gasteiger charge is 2.12. The normalized spacial score (nSPS) is 11.9. The van der Waals surface area contributed by atoms with Gasteiger partial charge in [0.05, 0.1) is 12.6 Å². The molecule has 1 amide bonds. The molecular weight excluding hydrogens is 382 g/mol. The SMILES string of the molecule is Cc1ccc(-c2nc(COc3ccc([C@@H](C)NC(=O)OCC(C)C)cc3)no2)cc1. The van der Waals surface area contributed by atoms with E-state index in [-0.39, 0.29) is 12.6 Å². The van der Waals surface area contributed by atoms with Gasteiger partial charge in [0, 0.05) is 5.56 Å². The minimum atomic E-state index is -0.419. The first-order valence-corrected chi connectivity index (χ1v) is 9.96. The largest absolute Gasteiger partial charge is 0.485 e. The van der Waals surface area contributed by atoms with Crippen LogP contribution in [0.2, 0.25) is 0 Å². The summed E-state index contributed by atoms with van der Waals surface area (Å²) >= 11 is 0. The van der Waals surface area contributed by atoms with E-state index in [1.54, 1.807) is 0 Å². The molecule has 0 saturated heterocycles. The lowest BCUT2D eigenvalue weighted by Crippen LogP contribution is -2.28. The molecule has 7 heteroatoms. The van der Waals surface area contributed by atoms with Crippen LogP contribution in [0.3, 0.4) is 0 Å². The molecule has 30 heavy (non-hydrogen) atoms. The van der Waals surface area contributed by atoms with Crippen LogP contribution in [0.4, 0.5) is 4.79 Å². The molecule has 0 fully saturated rings. The number of carbonyl (C=O) groups excluding carboxylic acids is 1. The van der Waals surface area contributed by atoms with Gasteiger partial charge < -0.3 is 19.3 Å². The Hall–Kier alpha value is -3.35. The fraction of sp³-hybridized carbons (Fsp3) is 0.348. The first-order valence-electron chi connectivity index (χ1n) is 9.96. The number of hydrogen-bond donors (Lipinski definition) is 1. The molecule has 1 aromatic heterocycles. The van der Waals surface area contributed by atoms with E-state index < -0.39 is 6.09 Å². The summed E-state index contributed by atoms with van der Waals surface area (Å²) in [5.74, 6) is 1.91. The van der Waals surface area contributed by atoms with Crippen LogP contribution in [0.25, 0.3) is 11.5 Å². The Morgan fingerprint density at radius 3 is 2.43 bits per heavy atom. The second-order valence-corrected chi connectivity index (χ2v) is 7.60. The van der Waals surface area contributed by atoms with Gasteiger partial charge in [-0.15, -0.1) is 0 Å². The third kappa shape index (κ3) is 6.07. The maximum Gasteiger partial charge on any atom is 0.407 e. The van der Waals surface area contributed by atoms with E-state index in [1.807, 2.05) is 76.2 Å². The first kappa shape index (κ1) is 21.4. The van der Waals surface area contributed by atoms with Gasteiger partial charge in [-0.1, -0.05) is 48.8 Å². The maximum atomic E-state index is 11.8. The van der Waals surface area contributed by atoms with Crippen molar-refractivity contribution >= 4 is 6.09 Å². The van der Waals surface area contributed by atoms with Gasteiger partial charge in [-0.3, -0.25) is 0 Å². The molecule has 2 aromatic carbocycles. The second-order valence-electron chi connectivity index (χ2n) is 7.60. The number of nitrogens with one attached hydrogen (secondary N) is 1. The van der Waals surface area contributed by atoms with Crippen molar-refractivity contribution in [2.45, 2.75) is 40.3 Å². The van der Waals surface area contributed by atoms with Crippen molar-refractivity contribution in [2.75, 3.05) is 6.61 Å². The zero-order valence-electron chi connectivity index (χ0n) is 17.7. The van der Waals surface area contributed by atoms with Crippen LogP contribution in [0.5, 0.6) is 5.75 Å². The third-order valence-electron chi connectivity index (χ3n) is 4.40. The number of benzene rings is 2. The summed E-state index contributed by atoms with van der Waals surface area (Å²) in [4.78, 5) is 16.2.